The van der Waals surface area contributed by atoms with E-state index in [1.54, 1.807) is 11.6 Å². The van der Waals surface area contributed by atoms with E-state index in [1.165, 1.54) is 11.6 Å². The number of benzene rings is 2. The summed E-state index contributed by atoms with van der Waals surface area (Å²) in [5.74, 6) is 0.528. The molecule has 0 aliphatic carbocycles. The second-order valence-electron chi connectivity index (χ2n) is 7.38. The highest BCUT2D eigenvalue weighted by atomic mass is 16.5. The maximum Gasteiger partial charge on any atom is 0.267 e. The zero-order valence-corrected chi connectivity index (χ0v) is 17.0. The molecule has 1 aromatic heterocycles. The molecule has 0 saturated heterocycles. The van der Waals surface area contributed by atoms with Gasteiger partial charge in [0.25, 0.3) is 5.91 Å². The van der Waals surface area contributed by atoms with Gasteiger partial charge in [0, 0.05) is 19.0 Å². The SMILES string of the molecule is CN(C)CCCn1c(CCc2ccccc2)nc2cc(/C=C/C(=O)NO)ccc21. The predicted octanol–water partition coefficient (Wildman–Crippen LogP) is 3.29. The quantitative estimate of drug-likeness (QED) is 0.333. The van der Waals surface area contributed by atoms with Gasteiger partial charge in [-0.15, -0.1) is 0 Å². The van der Waals surface area contributed by atoms with Gasteiger partial charge < -0.3 is 9.47 Å². The minimum absolute atomic E-state index is 0.553. The van der Waals surface area contributed by atoms with Crippen LogP contribution in [0.15, 0.2) is 54.6 Å². The first kappa shape index (κ1) is 20.8. The normalized spacial score (nSPS) is 11.6. The third-order valence-electron chi connectivity index (χ3n) is 4.86. The molecule has 0 saturated carbocycles. The first-order valence-corrected chi connectivity index (χ1v) is 9.87. The molecule has 2 aromatic carbocycles. The van der Waals surface area contributed by atoms with Gasteiger partial charge in [-0.3, -0.25) is 10.0 Å². The minimum Gasteiger partial charge on any atom is -0.328 e. The van der Waals surface area contributed by atoms with E-state index in [-0.39, 0.29) is 0 Å². The number of nitrogens with zero attached hydrogens (tertiary/aromatic N) is 3. The van der Waals surface area contributed by atoms with Crippen molar-refractivity contribution in [1.82, 2.24) is 19.9 Å². The standard InChI is InChI=1S/C23H28N4O2/c1-26(2)15-6-16-27-21-12-9-19(11-14-23(28)25-29)17-20(21)24-22(27)13-10-18-7-4-3-5-8-18/h3-5,7-9,11-12,14,17,29H,6,10,13,15-16H2,1-2H3,(H,25,28)/b14-11+. The van der Waals surface area contributed by atoms with E-state index < -0.39 is 5.91 Å². The number of aryl methyl sites for hydroxylation is 3. The number of nitrogens with one attached hydrogen (secondary N) is 1. The van der Waals surface area contributed by atoms with Crippen molar-refractivity contribution in [3.63, 3.8) is 0 Å². The molecular weight excluding hydrogens is 364 g/mol. The number of hydroxylamine groups is 1. The molecule has 6 nitrogen and oxygen atoms in total. The highest BCUT2D eigenvalue weighted by molar-refractivity contribution is 5.91. The Morgan fingerprint density at radius 1 is 1.17 bits per heavy atom. The molecule has 3 rings (SSSR count). The molecule has 0 atom stereocenters. The van der Waals surface area contributed by atoms with Crippen molar-refractivity contribution >= 4 is 23.0 Å². The first-order valence-electron chi connectivity index (χ1n) is 9.87. The summed E-state index contributed by atoms with van der Waals surface area (Å²) >= 11 is 0. The summed E-state index contributed by atoms with van der Waals surface area (Å²) < 4.78 is 2.32. The fraction of sp³-hybridized carbons (Fsp3) is 0.304. The lowest BCUT2D eigenvalue weighted by Crippen LogP contribution is -2.16. The van der Waals surface area contributed by atoms with Crippen molar-refractivity contribution in [2.45, 2.75) is 25.8 Å². The Hall–Kier alpha value is -2.96. The summed E-state index contributed by atoms with van der Waals surface area (Å²) in [5.41, 5.74) is 5.80. The Morgan fingerprint density at radius 2 is 1.97 bits per heavy atom. The Labute approximate surface area is 171 Å². The van der Waals surface area contributed by atoms with Gasteiger partial charge in [-0.25, -0.2) is 10.5 Å². The zero-order chi connectivity index (χ0) is 20.6. The van der Waals surface area contributed by atoms with Crippen molar-refractivity contribution in [2.75, 3.05) is 20.6 Å². The number of hydrogen-bond donors (Lipinski definition) is 2. The average molecular weight is 393 g/mol. The molecule has 0 aliphatic heterocycles. The van der Waals surface area contributed by atoms with Crippen LogP contribution < -0.4 is 5.48 Å². The molecule has 6 heteroatoms. The van der Waals surface area contributed by atoms with Gasteiger partial charge in [0.1, 0.15) is 5.82 Å². The maximum atomic E-state index is 11.2. The van der Waals surface area contributed by atoms with Crippen LogP contribution in [-0.2, 0) is 24.2 Å². The van der Waals surface area contributed by atoms with Crippen LogP contribution in [0.1, 0.15) is 23.4 Å². The second kappa shape index (κ2) is 10.0. The van der Waals surface area contributed by atoms with Gasteiger partial charge in [-0.1, -0.05) is 36.4 Å². The van der Waals surface area contributed by atoms with Crippen LogP contribution in [0.4, 0.5) is 0 Å². The zero-order valence-electron chi connectivity index (χ0n) is 17.0. The fourth-order valence-electron chi connectivity index (χ4n) is 3.40. The van der Waals surface area contributed by atoms with Crippen molar-refractivity contribution < 1.29 is 10.0 Å². The molecule has 152 valence electrons. The Kier molecular flexibility index (Phi) is 7.16. The van der Waals surface area contributed by atoms with Crippen LogP contribution in [0, 0.1) is 0 Å². The molecule has 0 bridgehead atoms. The van der Waals surface area contributed by atoms with E-state index in [9.17, 15) is 4.79 Å². The summed E-state index contributed by atoms with van der Waals surface area (Å²) in [6, 6.07) is 16.5. The number of amides is 1. The molecule has 0 fully saturated rings. The predicted molar refractivity (Wildman–Crippen MR) is 116 cm³/mol. The molecule has 1 heterocycles. The van der Waals surface area contributed by atoms with Gasteiger partial charge in [-0.05, 0) is 62.8 Å². The van der Waals surface area contributed by atoms with Gasteiger partial charge in [0.2, 0.25) is 0 Å². The fourth-order valence-corrected chi connectivity index (χ4v) is 3.40. The van der Waals surface area contributed by atoms with Gasteiger partial charge in [-0.2, -0.15) is 0 Å². The van der Waals surface area contributed by atoms with E-state index in [4.69, 9.17) is 10.2 Å². The Balaban J connectivity index is 1.86. The number of fused-ring (bicyclic) bond motifs is 1. The van der Waals surface area contributed by atoms with Crippen LogP contribution in [0.3, 0.4) is 0 Å². The smallest absolute Gasteiger partial charge is 0.267 e. The topological polar surface area (TPSA) is 70.4 Å². The number of carbonyl (C=O) groups excluding carboxylic acids is 1. The molecule has 29 heavy (non-hydrogen) atoms. The molecule has 0 aliphatic rings. The van der Waals surface area contributed by atoms with Crippen LogP contribution >= 0.6 is 0 Å². The molecule has 0 radical (unpaired) electrons. The van der Waals surface area contributed by atoms with Crippen LogP contribution in [-0.4, -0.2) is 46.2 Å². The van der Waals surface area contributed by atoms with E-state index in [1.807, 2.05) is 18.2 Å². The van der Waals surface area contributed by atoms with Gasteiger partial charge >= 0.3 is 0 Å². The number of hydrogen-bond acceptors (Lipinski definition) is 4. The molecule has 1 amide bonds. The van der Waals surface area contributed by atoms with Crippen LogP contribution in [0.25, 0.3) is 17.1 Å². The molecular formula is C23H28N4O2. The number of imidazole rings is 1. The summed E-state index contributed by atoms with van der Waals surface area (Å²) in [4.78, 5) is 18.3. The minimum atomic E-state index is -0.553. The number of rotatable bonds is 9. The molecule has 2 N–H and O–H groups in total. The third-order valence-corrected chi connectivity index (χ3v) is 4.86. The molecule has 0 spiro atoms. The summed E-state index contributed by atoms with van der Waals surface area (Å²) in [5, 5.41) is 8.63. The summed E-state index contributed by atoms with van der Waals surface area (Å²) in [6.07, 6.45) is 5.83. The average Bonchev–Trinajstić information content (AvgIpc) is 3.07. The number of carbonyl (C=O) groups is 1. The first-order chi connectivity index (χ1) is 14.1. The summed E-state index contributed by atoms with van der Waals surface area (Å²) in [6.45, 7) is 1.94. The van der Waals surface area contributed by atoms with E-state index in [0.29, 0.717) is 0 Å². The lowest BCUT2D eigenvalue weighted by atomic mass is 10.1. The van der Waals surface area contributed by atoms with Gasteiger partial charge in [0.05, 0.1) is 11.0 Å². The van der Waals surface area contributed by atoms with Crippen LogP contribution in [0.2, 0.25) is 0 Å². The second-order valence-corrected chi connectivity index (χ2v) is 7.38. The maximum absolute atomic E-state index is 11.2. The monoisotopic (exact) mass is 392 g/mol. The van der Waals surface area contributed by atoms with E-state index in [0.717, 1.165) is 54.8 Å². The third kappa shape index (κ3) is 5.76. The summed E-state index contributed by atoms with van der Waals surface area (Å²) in [7, 11) is 4.17. The lowest BCUT2D eigenvalue weighted by Gasteiger charge is -2.12. The highest BCUT2D eigenvalue weighted by Gasteiger charge is 2.11. The molecule has 0 unspecified atom stereocenters. The van der Waals surface area contributed by atoms with Crippen molar-refractivity contribution in [2.24, 2.45) is 0 Å². The van der Waals surface area contributed by atoms with Crippen molar-refractivity contribution in [1.29, 1.82) is 0 Å². The van der Waals surface area contributed by atoms with E-state index in [2.05, 4.69) is 53.9 Å². The van der Waals surface area contributed by atoms with Crippen molar-refractivity contribution in [3.05, 3.63) is 71.6 Å². The Morgan fingerprint density at radius 3 is 2.69 bits per heavy atom. The largest absolute Gasteiger partial charge is 0.328 e. The molecule has 3 aromatic rings. The lowest BCUT2D eigenvalue weighted by molar-refractivity contribution is -0.124. The van der Waals surface area contributed by atoms with Gasteiger partial charge in [0.15, 0.2) is 0 Å². The van der Waals surface area contributed by atoms with Crippen molar-refractivity contribution in [3.8, 4) is 0 Å². The highest BCUT2D eigenvalue weighted by Crippen LogP contribution is 2.21. The number of aromatic nitrogens is 2. The Bertz CT molecular complexity index is 977. The van der Waals surface area contributed by atoms with E-state index >= 15 is 0 Å². The van der Waals surface area contributed by atoms with Crippen LogP contribution in [0.5, 0.6) is 0 Å².